The lowest BCUT2D eigenvalue weighted by atomic mass is 10.1. The van der Waals surface area contributed by atoms with E-state index in [0.29, 0.717) is 0 Å². The van der Waals surface area contributed by atoms with Crippen LogP contribution in [-0.4, -0.2) is 16.9 Å². The fraction of sp³-hybridized carbons (Fsp3) is 0.818. The third-order valence-electron chi connectivity index (χ3n) is 2.25. The average Bonchev–Trinajstić information content (AvgIpc) is 2.16. The van der Waals surface area contributed by atoms with Crippen molar-refractivity contribution in [3.63, 3.8) is 0 Å². The first-order chi connectivity index (χ1) is 6.68. The lowest BCUT2D eigenvalue weighted by Crippen LogP contribution is -2.11. The Morgan fingerprint density at radius 1 is 0.933 bits per heavy atom. The van der Waals surface area contributed by atoms with Gasteiger partial charge in [-0.1, -0.05) is 45.4 Å². The van der Waals surface area contributed by atoms with Gasteiger partial charge in [-0.15, -0.1) is 12.4 Å². The molecule has 0 spiro atoms. The Morgan fingerprint density at radius 3 is 1.87 bits per heavy atom. The zero-order valence-corrected chi connectivity index (χ0v) is 10.1. The zero-order chi connectivity index (χ0) is 10.8. The van der Waals surface area contributed by atoms with Crippen LogP contribution in [0.5, 0.6) is 0 Å². The molecule has 0 aromatic carbocycles. The van der Waals surface area contributed by atoms with Crippen LogP contribution in [0.3, 0.4) is 0 Å². The van der Waals surface area contributed by atoms with Crippen molar-refractivity contribution in [3.05, 3.63) is 0 Å². The molecule has 0 aromatic rings. The molecule has 0 aliphatic heterocycles. The van der Waals surface area contributed by atoms with Crippen molar-refractivity contribution >= 4 is 24.2 Å². The van der Waals surface area contributed by atoms with Crippen molar-refractivity contribution in [2.75, 3.05) is 0 Å². The highest BCUT2D eigenvalue weighted by atomic mass is 35.5. The van der Waals surface area contributed by atoms with Crippen molar-refractivity contribution in [1.82, 2.24) is 0 Å². The second-order valence-corrected chi connectivity index (χ2v) is 3.60. The quantitative estimate of drug-likeness (QED) is 0.494. The molecule has 0 bridgehead atoms. The lowest BCUT2D eigenvalue weighted by Gasteiger charge is -1.99. The Bertz CT molecular complexity index is 181. The summed E-state index contributed by atoms with van der Waals surface area (Å²) in [6.45, 7) is 2.17. The molecule has 90 valence electrons. The molecule has 0 aliphatic carbocycles. The van der Waals surface area contributed by atoms with E-state index < -0.39 is 11.8 Å². The molecule has 0 heterocycles. The van der Waals surface area contributed by atoms with Gasteiger partial charge in [0.2, 0.25) is 5.78 Å². The van der Waals surface area contributed by atoms with E-state index in [2.05, 4.69) is 6.92 Å². The van der Waals surface area contributed by atoms with E-state index >= 15 is 0 Å². The molecule has 0 saturated heterocycles. The predicted octanol–water partition coefficient (Wildman–Crippen LogP) is 3.20. The second kappa shape index (κ2) is 11.5. The molecule has 4 heteroatoms. The van der Waals surface area contributed by atoms with Crippen LogP contribution in [0.1, 0.15) is 58.3 Å². The number of ketones is 1. The van der Waals surface area contributed by atoms with Gasteiger partial charge in [0.15, 0.2) is 0 Å². The summed E-state index contributed by atoms with van der Waals surface area (Å²) in [6, 6.07) is 0. The number of hydrogen-bond acceptors (Lipinski definition) is 2. The third-order valence-corrected chi connectivity index (χ3v) is 2.25. The van der Waals surface area contributed by atoms with Crippen molar-refractivity contribution in [3.8, 4) is 0 Å². The highest BCUT2D eigenvalue weighted by Crippen LogP contribution is 2.08. The maximum atomic E-state index is 10.7. The number of Topliss-reactive ketones (excluding diaryl/α,β-unsaturated/α-hetero) is 1. The van der Waals surface area contributed by atoms with Crippen LogP contribution in [0.15, 0.2) is 0 Å². The van der Waals surface area contributed by atoms with E-state index in [1.807, 2.05) is 0 Å². The molecule has 0 aromatic heterocycles. The Hall–Kier alpha value is -0.570. The maximum absolute atomic E-state index is 10.7. The molecular weight excluding hydrogens is 216 g/mol. The summed E-state index contributed by atoms with van der Waals surface area (Å²) in [4.78, 5) is 20.8. The summed E-state index contributed by atoms with van der Waals surface area (Å²) >= 11 is 0. The van der Waals surface area contributed by atoms with Gasteiger partial charge in [0, 0.05) is 6.42 Å². The first-order valence-corrected chi connectivity index (χ1v) is 5.44. The lowest BCUT2D eigenvalue weighted by molar-refractivity contribution is -0.149. The van der Waals surface area contributed by atoms with Crippen molar-refractivity contribution in [2.24, 2.45) is 0 Å². The molecular formula is C11H21ClO3. The van der Waals surface area contributed by atoms with Crippen LogP contribution in [0.2, 0.25) is 0 Å². The molecule has 3 nitrogen and oxygen atoms in total. The van der Waals surface area contributed by atoms with Crippen LogP contribution >= 0.6 is 12.4 Å². The summed E-state index contributed by atoms with van der Waals surface area (Å²) < 4.78 is 0. The summed E-state index contributed by atoms with van der Waals surface area (Å²) in [7, 11) is 0. The van der Waals surface area contributed by atoms with E-state index in [1.165, 1.54) is 25.7 Å². The molecule has 0 radical (unpaired) electrons. The van der Waals surface area contributed by atoms with Crippen LogP contribution in [0.4, 0.5) is 0 Å². The molecule has 0 aliphatic rings. The van der Waals surface area contributed by atoms with Gasteiger partial charge >= 0.3 is 5.97 Å². The molecule has 0 saturated carbocycles. The largest absolute Gasteiger partial charge is 0.476 e. The van der Waals surface area contributed by atoms with Crippen LogP contribution in [-0.2, 0) is 9.59 Å². The van der Waals surface area contributed by atoms with Crippen LogP contribution in [0.25, 0.3) is 0 Å². The minimum atomic E-state index is -1.30. The SMILES string of the molecule is CCCCCCCCCC(=O)C(=O)O.Cl. The smallest absolute Gasteiger partial charge is 0.372 e. The topological polar surface area (TPSA) is 54.4 Å². The number of carbonyl (C=O) groups is 2. The molecule has 0 rings (SSSR count). The number of carboxylic acids is 1. The Kier molecular flexibility index (Phi) is 12.9. The first kappa shape index (κ1) is 16.8. The van der Waals surface area contributed by atoms with E-state index in [1.54, 1.807) is 0 Å². The van der Waals surface area contributed by atoms with E-state index in [0.717, 1.165) is 19.3 Å². The standard InChI is InChI=1S/C11H20O3.ClH/c1-2-3-4-5-6-7-8-9-10(12)11(13)14;/h2-9H2,1H3,(H,13,14);1H. The summed E-state index contributed by atoms with van der Waals surface area (Å²) in [5.74, 6) is -1.95. The number of hydrogen-bond donors (Lipinski definition) is 1. The normalized spacial score (nSPS) is 9.40. The minimum absolute atomic E-state index is 0. The highest BCUT2D eigenvalue weighted by molar-refractivity contribution is 6.32. The molecule has 15 heavy (non-hydrogen) atoms. The van der Waals surface area contributed by atoms with Gasteiger partial charge in [0.05, 0.1) is 0 Å². The predicted molar refractivity (Wildman–Crippen MR) is 62.5 cm³/mol. The molecule has 0 unspecified atom stereocenters. The number of rotatable bonds is 9. The average molecular weight is 237 g/mol. The van der Waals surface area contributed by atoms with Crippen LogP contribution in [0, 0.1) is 0 Å². The van der Waals surface area contributed by atoms with Gasteiger partial charge in [-0.25, -0.2) is 4.79 Å². The van der Waals surface area contributed by atoms with Gasteiger partial charge < -0.3 is 5.11 Å². The van der Waals surface area contributed by atoms with Gasteiger partial charge in [-0.05, 0) is 6.42 Å². The summed E-state index contributed by atoms with van der Waals surface area (Å²) in [5.41, 5.74) is 0. The third kappa shape index (κ3) is 11.4. The fourth-order valence-corrected chi connectivity index (χ4v) is 1.35. The molecule has 0 amide bonds. The summed E-state index contributed by atoms with van der Waals surface area (Å²) in [5, 5.41) is 8.31. The first-order valence-electron chi connectivity index (χ1n) is 5.44. The highest BCUT2D eigenvalue weighted by Gasteiger charge is 2.09. The minimum Gasteiger partial charge on any atom is -0.476 e. The van der Waals surface area contributed by atoms with Crippen LogP contribution < -0.4 is 0 Å². The van der Waals surface area contributed by atoms with Gasteiger partial charge in [-0.3, -0.25) is 4.79 Å². The number of carboxylic acid groups (broad SMARTS) is 1. The van der Waals surface area contributed by atoms with Gasteiger partial charge in [-0.2, -0.15) is 0 Å². The monoisotopic (exact) mass is 236 g/mol. The number of aliphatic carboxylic acids is 1. The van der Waals surface area contributed by atoms with Crippen molar-refractivity contribution < 1.29 is 14.7 Å². The van der Waals surface area contributed by atoms with Crippen molar-refractivity contribution in [2.45, 2.75) is 58.3 Å². The number of unbranched alkanes of at least 4 members (excludes halogenated alkanes) is 6. The number of halogens is 1. The number of carbonyl (C=O) groups excluding carboxylic acids is 1. The van der Waals surface area contributed by atoms with E-state index in [4.69, 9.17) is 5.11 Å². The molecule has 1 N–H and O–H groups in total. The Balaban J connectivity index is 0. The Morgan fingerprint density at radius 2 is 1.40 bits per heavy atom. The van der Waals surface area contributed by atoms with Gasteiger partial charge in [0.1, 0.15) is 0 Å². The van der Waals surface area contributed by atoms with Gasteiger partial charge in [0.25, 0.3) is 0 Å². The molecule has 0 atom stereocenters. The fourth-order valence-electron chi connectivity index (χ4n) is 1.35. The molecule has 0 fully saturated rings. The van der Waals surface area contributed by atoms with E-state index in [-0.39, 0.29) is 18.8 Å². The van der Waals surface area contributed by atoms with Crippen molar-refractivity contribution in [1.29, 1.82) is 0 Å². The zero-order valence-electron chi connectivity index (χ0n) is 9.33. The van der Waals surface area contributed by atoms with E-state index in [9.17, 15) is 9.59 Å². The summed E-state index contributed by atoms with van der Waals surface area (Å²) in [6.07, 6.45) is 7.97. The second-order valence-electron chi connectivity index (χ2n) is 3.60. The Labute approximate surface area is 97.7 Å². The maximum Gasteiger partial charge on any atom is 0.372 e.